The lowest BCUT2D eigenvalue weighted by Crippen LogP contribution is -2.15. The highest BCUT2D eigenvalue weighted by atomic mass is 79.9. The summed E-state index contributed by atoms with van der Waals surface area (Å²) in [6.45, 7) is 4.20. The highest BCUT2D eigenvalue weighted by Gasteiger charge is 2.08. The molecule has 0 aliphatic heterocycles. The van der Waals surface area contributed by atoms with Crippen LogP contribution in [0.1, 0.15) is 64.7 Å². The average Bonchev–Trinajstić information content (AvgIpc) is 2.39. The molecule has 112 valence electrons. The van der Waals surface area contributed by atoms with Crippen LogP contribution in [-0.4, -0.2) is 25.9 Å². The zero-order valence-electron chi connectivity index (χ0n) is 12.3. The molecule has 0 aromatic rings. The molecule has 0 aromatic carbocycles. The van der Waals surface area contributed by atoms with Crippen LogP contribution in [0.25, 0.3) is 0 Å². The van der Waals surface area contributed by atoms with E-state index in [2.05, 4.69) is 22.0 Å². The molecule has 19 heavy (non-hydrogen) atoms. The molecule has 0 saturated carbocycles. The lowest BCUT2D eigenvalue weighted by molar-refractivity contribution is 0.0228. The number of hydrogen-bond acceptors (Lipinski definition) is 2. The number of halogens is 1. The highest BCUT2D eigenvalue weighted by molar-refractivity contribution is 9.11. The number of ether oxygens (including phenoxy) is 2. The predicted octanol–water partition coefficient (Wildman–Crippen LogP) is 5.21. The van der Waals surface area contributed by atoms with Gasteiger partial charge in [0, 0.05) is 6.61 Å². The van der Waals surface area contributed by atoms with Crippen LogP contribution in [0.15, 0.2) is 10.6 Å². The van der Waals surface area contributed by atoms with Crippen molar-refractivity contribution >= 4 is 15.9 Å². The molecule has 0 amide bonds. The average molecular weight is 333 g/mol. The summed E-state index contributed by atoms with van der Waals surface area (Å²) < 4.78 is 12.6. The molecule has 1 aliphatic carbocycles. The summed E-state index contributed by atoms with van der Waals surface area (Å²) in [5, 5.41) is 0. The van der Waals surface area contributed by atoms with Crippen LogP contribution in [0.3, 0.4) is 0 Å². The Bertz CT molecular complexity index is 241. The Labute approximate surface area is 127 Å². The zero-order valence-corrected chi connectivity index (χ0v) is 13.9. The molecule has 3 heteroatoms. The molecule has 1 unspecified atom stereocenters. The van der Waals surface area contributed by atoms with Gasteiger partial charge in [0.15, 0.2) is 0 Å². The third-order valence-corrected chi connectivity index (χ3v) is 4.20. The molecule has 1 atom stereocenters. The van der Waals surface area contributed by atoms with Crippen LogP contribution >= 0.6 is 15.9 Å². The second-order valence-corrected chi connectivity index (χ2v) is 6.25. The van der Waals surface area contributed by atoms with Crippen LogP contribution in [0.5, 0.6) is 0 Å². The second kappa shape index (κ2) is 11.9. The Morgan fingerprint density at radius 3 is 2.47 bits per heavy atom. The Morgan fingerprint density at radius 2 is 1.74 bits per heavy atom. The quantitative estimate of drug-likeness (QED) is 0.643. The minimum Gasteiger partial charge on any atom is -0.379 e. The van der Waals surface area contributed by atoms with Crippen molar-refractivity contribution < 1.29 is 9.47 Å². The first kappa shape index (κ1) is 17.2. The van der Waals surface area contributed by atoms with Gasteiger partial charge in [-0.1, -0.05) is 54.5 Å². The minimum absolute atomic E-state index is 0.259. The molecule has 0 N–H and O–H groups in total. The normalized spacial score (nSPS) is 26.0. The Hall–Kier alpha value is 0.140. The summed E-state index contributed by atoms with van der Waals surface area (Å²) in [4.78, 5) is 0. The molecular weight excluding hydrogens is 304 g/mol. The van der Waals surface area contributed by atoms with Gasteiger partial charge in [-0.3, -0.25) is 0 Å². The minimum atomic E-state index is 0.259. The van der Waals surface area contributed by atoms with E-state index in [-0.39, 0.29) is 6.10 Å². The fraction of sp³-hybridized carbons (Fsp3) is 0.875. The van der Waals surface area contributed by atoms with Gasteiger partial charge in [-0.25, -0.2) is 0 Å². The lowest BCUT2D eigenvalue weighted by atomic mass is 10.0. The molecular formula is C16H29BrO2. The molecule has 0 bridgehead atoms. The SMILES string of the molecule is CCOCCOC1/C=C(/Br)CCCCCCCCC1. The van der Waals surface area contributed by atoms with Gasteiger partial charge in [-0.15, -0.1) is 0 Å². The van der Waals surface area contributed by atoms with Crippen LogP contribution < -0.4 is 0 Å². The topological polar surface area (TPSA) is 18.5 Å². The van der Waals surface area contributed by atoms with E-state index in [0.717, 1.165) is 19.4 Å². The maximum Gasteiger partial charge on any atom is 0.0767 e. The maximum atomic E-state index is 5.93. The number of hydrogen-bond donors (Lipinski definition) is 0. The molecule has 1 aliphatic rings. The predicted molar refractivity (Wildman–Crippen MR) is 84.8 cm³/mol. The van der Waals surface area contributed by atoms with Crippen LogP contribution in [-0.2, 0) is 9.47 Å². The largest absolute Gasteiger partial charge is 0.379 e. The maximum absolute atomic E-state index is 5.93. The summed E-state index contributed by atoms with van der Waals surface area (Å²) >= 11 is 3.69. The van der Waals surface area contributed by atoms with Gasteiger partial charge < -0.3 is 9.47 Å². The third-order valence-electron chi connectivity index (χ3n) is 3.53. The van der Waals surface area contributed by atoms with E-state index in [0.29, 0.717) is 13.2 Å². The van der Waals surface area contributed by atoms with Crippen LogP contribution in [0.2, 0.25) is 0 Å². The van der Waals surface area contributed by atoms with Crippen molar-refractivity contribution in [2.75, 3.05) is 19.8 Å². The monoisotopic (exact) mass is 332 g/mol. The van der Waals surface area contributed by atoms with Crippen molar-refractivity contribution in [3.05, 3.63) is 10.6 Å². The first-order valence-corrected chi connectivity index (χ1v) is 8.67. The van der Waals surface area contributed by atoms with E-state index in [4.69, 9.17) is 9.47 Å². The van der Waals surface area contributed by atoms with Gasteiger partial charge in [0.2, 0.25) is 0 Å². The number of allylic oxidation sites excluding steroid dienone is 1. The van der Waals surface area contributed by atoms with Crippen LogP contribution in [0, 0.1) is 0 Å². The van der Waals surface area contributed by atoms with Crippen molar-refractivity contribution in [3.63, 3.8) is 0 Å². The summed E-state index contributed by atoms with van der Waals surface area (Å²) in [5.41, 5.74) is 0. The summed E-state index contributed by atoms with van der Waals surface area (Å²) in [6.07, 6.45) is 14.3. The van der Waals surface area contributed by atoms with E-state index < -0.39 is 0 Å². The smallest absolute Gasteiger partial charge is 0.0767 e. The first-order chi connectivity index (χ1) is 9.33. The second-order valence-electron chi connectivity index (χ2n) is 5.23. The molecule has 0 radical (unpaired) electrons. The highest BCUT2D eigenvalue weighted by Crippen LogP contribution is 2.21. The summed E-state index contributed by atoms with van der Waals surface area (Å²) in [7, 11) is 0. The zero-order chi connectivity index (χ0) is 13.8. The molecule has 0 spiro atoms. The first-order valence-electron chi connectivity index (χ1n) is 7.88. The van der Waals surface area contributed by atoms with E-state index >= 15 is 0 Å². The summed E-state index contributed by atoms with van der Waals surface area (Å²) in [5.74, 6) is 0. The lowest BCUT2D eigenvalue weighted by Gasteiger charge is -2.16. The van der Waals surface area contributed by atoms with E-state index in [1.807, 2.05) is 6.92 Å². The molecule has 0 heterocycles. The Morgan fingerprint density at radius 1 is 1.05 bits per heavy atom. The van der Waals surface area contributed by atoms with E-state index in [1.165, 1.54) is 49.4 Å². The van der Waals surface area contributed by atoms with Gasteiger partial charge in [-0.2, -0.15) is 0 Å². The fourth-order valence-corrected chi connectivity index (χ4v) is 3.00. The van der Waals surface area contributed by atoms with Crippen molar-refractivity contribution in [3.8, 4) is 0 Å². The molecule has 0 fully saturated rings. The Kier molecular flexibility index (Phi) is 10.8. The van der Waals surface area contributed by atoms with Gasteiger partial charge in [0.05, 0.1) is 19.3 Å². The molecule has 0 saturated heterocycles. The van der Waals surface area contributed by atoms with Crippen LogP contribution in [0.4, 0.5) is 0 Å². The fourth-order valence-electron chi connectivity index (χ4n) is 2.43. The van der Waals surface area contributed by atoms with Crippen molar-refractivity contribution in [1.82, 2.24) is 0 Å². The van der Waals surface area contributed by atoms with Crippen molar-refractivity contribution in [2.24, 2.45) is 0 Å². The van der Waals surface area contributed by atoms with E-state index in [1.54, 1.807) is 0 Å². The molecule has 0 aromatic heterocycles. The molecule has 1 rings (SSSR count). The van der Waals surface area contributed by atoms with Gasteiger partial charge in [0.1, 0.15) is 0 Å². The summed E-state index contributed by atoms with van der Waals surface area (Å²) in [6, 6.07) is 0. The number of rotatable bonds is 5. The third kappa shape index (κ3) is 9.64. The molecule has 2 nitrogen and oxygen atoms in total. The van der Waals surface area contributed by atoms with Gasteiger partial charge >= 0.3 is 0 Å². The standard InChI is InChI=1S/C16H29BrO2/c1-2-18-12-13-19-16-11-9-7-5-3-4-6-8-10-15(17)14-16/h14,16H,2-13H2,1H3/b15-14+. The van der Waals surface area contributed by atoms with Gasteiger partial charge in [-0.05, 0) is 36.7 Å². The van der Waals surface area contributed by atoms with Gasteiger partial charge in [0.25, 0.3) is 0 Å². The Balaban J connectivity index is 2.37. The van der Waals surface area contributed by atoms with Crippen molar-refractivity contribution in [2.45, 2.75) is 70.8 Å². The van der Waals surface area contributed by atoms with E-state index in [9.17, 15) is 0 Å². The van der Waals surface area contributed by atoms with Crippen molar-refractivity contribution in [1.29, 1.82) is 0 Å².